The molecule has 0 unspecified atom stereocenters. The van der Waals surface area contributed by atoms with Gasteiger partial charge in [-0.2, -0.15) is 5.10 Å². The third kappa shape index (κ3) is 4.05. The van der Waals surface area contributed by atoms with E-state index >= 15 is 0 Å². The Balaban J connectivity index is 2.09. The van der Waals surface area contributed by atoms with E-state index in [4.69, 9.17) is 9.15 Å². The monoisotopic (exact) mass is 300 g/mol. The number of amides is 1. The van der Waals surface area contributed by atoms with Gasteiger partial charge in [0.05, 0.1) is 18.4 Å². The molecule has 0 bridgehead atoms. The van der Waals surface area contributed by atoms with Crippen molar-refractivity contribution >= 4 is 18.1 Å². The fourth-order valence-electron chi connectivity index (χ4n) is 1.75. The summed E-state index contributed by atoms with van der Waals surface area (Å²) in [4.78, 5) is 22.3. The zero-order chi connectivity index (χ0) is 15.9. The Morgan fingerprint density at radius 1 is 1.23 bits per heavy atom. The van der Waals surface area contributed by atoms with Gasteiger partial charge >= 0.3 is 5.97 Å². The van der Waals surface area contributed by atoms with Gasteiger partial charge in [0.2, 0.25) is 5.91 Å². The van der Waals surface area contributed by atoms with Crippen LogP contribution in [-0.2, 0) is 9.53 Å². The van der Waals surface area contributed by atoms with E-state index < -0.39 is 0 Å². The van der Waals surface area contributed by atoms with E-state index in [0.717, 1.165) is 5.56 Å². The zero-order valence-electron chi connectivity index (χ0n) is 12.3. The number of furan rings is 1. The number of benzene rings is 1. The largest absolute Gasteiger partial charge is 0.462 e. The van der Waals surface area contributed by atoms with Crippen LogP contribution >= 0.6 is 0 Å². The first-order chi connectivity index (χ1) is 10.6. The third-order valence-corrected chi connectivity index (χ3v) is 2.72. The van der Waals surface area contributed by atoms with Crippen LogP contribution in [0.1, 0.15) is 30.0 Å². The number of esters is 1. The molecule has 0 saturated carbocycles. The van der Waals surface area contributed by atoms with Crippen molar-refractivity contribution in [3.8, 4) is 11.3 Å². The lowest BCUT2D eigenvalue weighted by atomic mass is 10.1. The lowest BCUT2D eigenvalue weighted by Crippen LogP contribution is -2.12. The zero-order valence-corrected chi connectivity index (χ0v) is 12.3. The maximum absolute atomic E-state index is 11.6. The molecule has 0 atom stereocenters. The predicted molar refractivity (Wildman–Crippen MR) is 81.5 cm³/mol. The van der Waals surface area contributed by atoms with Crippen molar-refractivity contribution < 1.29 is 18.7 Å². The first kappa shape index (κ1) is 15.5. The van der Waals surface area contributed by atoms with Crippen LogP contribution in [-0.4, -0.2) is 24.7 Å². The number of carbonyl (C=O) groups excluding carboxylic acids is 2. The second kappa shape index (κ2) is 7.21. The lowest BCUT2D eigenvalue weighted by molar-refractivity contribution is -0.118. The van der Waals surface area contributed by atoms with Crippen molar-refractivity contribution in [2.24, 2.45) is 5.10 Å². The number of hydrogen-bond acceptors (Lipinski definition) is 5. The van der Waals surface area contributed by atoms with Gasteiger partial charge in [-0.25, -0.2) is 10.2 Å². The van der Waals surface area contributed by atoms with Crippen LogP contribution in [0.2, 0.25) is 0 Å². The molecule has 1 aromatic heterocycles. The van der Waals surface area contributed by atoms with Crippen molar-refractivity contribution in [1.29, 1.82) is 0 Å². The molecule has 1 N–H and O–H groups in total. The van der Waals surface area contributed by atoms with Crippen LogP contribution in [0.25, 0.3) is 11.3 Å². The number of nitrogens with zero attached hydrogens (tertiary/aromatic N) is 1. The first-order valence-corrected chi connectivity index (χ1v) is 6.77. The Morgan fingerprint density at radius 2 is 1.95 bits per heavy atom. The summed E-state index contributed by atoms with van der Waals surface area (Å²) in [6.45, 7) is 3.48. The maximum Gasteiger partial charge on any atom is 0.338 e. The molecule has 114 valence electrons. The smallest absolute Gasteiger partial charge is 0.338 e. The molecular formula is C16H16N2O4. The van der Waals surface area contributed by atoms with E-state index in [2.05, 4.69) is 10.5 Å². The Labute approximate surface area is 127 Å². The van der Waals surface area contributed by atoms with Gasteiger partial charge in [-0.1, -0.05) is 12.1 Å². The number of nitrogens with one attached hydrogen (secondary N) is 1. The highest BCUT2D eigenvalue weighted by Crippen LogP contribution is 2.22. The molecule has 0 radical (unpaired) electrons. The Morgan fingerprint density at radius 3 is 2.59 bits per heavy atom. The van der Waals surface area contributed by atoms with E-state index in [9.17, 15) is 9.59 Å². The minimum atomic E-state index is -0.350. The summed E-state index contributed by atoms with van der Waals surface area (Å²) in [5.41, 5.74) is 3.61. The quantitative estimate of drug-likeness (QED) is 0.523. The van der Waals surface area contributed by atoms with Crippen molar-refractivity contribution in [3.05, 3.63) is 47.7 Å². The molecule has 0 saturated heterocycles. The maximum atomic E-state index is 11.6. The number of rotatable bonds is 5. The summed E-state index contributed by atoms with van der Waals surface area (Å²) in [7, 11) is 0. The summed E-state index contributed by atoms with van der Waals surface area (Å²) in [6.07, 6.45) is 1.41. The molecule has 1 amide bonds. The molecule has 0 fully saturated rings. The van der Waals surface area contributed by atoms with Crippen LogP contribution in [0.5, 0.6) is 0 Å². The van der Waals surface area contributed by atoms with E-state index in [-0.39, 0.29) is 11.9 Å². The minimum Gasteiger partial charge on any atom is -0.462 e. The standard InChI is InChI=1S/C16H16N2O4/c1-3-21-16(20)13-6-4-12(5-7-13)15-9-8-14(22-15)10-17-18-11(2)19/h4-10H,3H2,1-2H3,(H,18,19)/b17-10+. The molecule has 6 heteroatoms. The minimum absolute atomic E-state index is 0.252. The lowest BCUT2D eigenvalue weighted by Gasteiger charge is -2.02. The predicted octanol–water partition coefficient (Wildman–Crippen LogP) is 2.59. The van der Waals surface area contributed by atoms with E-state index in [1.54, 1.807) is 43.3 Å². The molecule has 2 rings (SSSR count). The van der Waals surface area contributed by atoms with Crippen molar-refractivity contribution in [1.82, 2.24) is 5.43 Å². The average molecular weight is 300 g/mol. The molecular weight excluding hydrogens is 284 g/mol. The van der Waals surface area contributed by atoms with E-state index in [0.29, 0.717) is 23.7 Å². The van der Waals surface area contributed by atoms with Gasteiger partial charge in [0.15, 0.2) is 0 Å². The molecule has 22 heavy (non-hydrogen) atoms. The SMILES string of the molecule is CCOC(=O)c1ccc(-c2ccc(/C=N/NC(C)=O)o2)cc1. The molecule has 6 nitrogen and oxygen atoms in total. The van der Waals surface area contributed by atoms with Gasteiger partial charge in [0.25, 0.3) is 0 Å². The summed E-state index contributed by atoms with van der Waals surface area (Å²) < 4.78 is 10.5. The Kier molecular flexibility index (Phi) is 5.08. The number of hydrazone groups is 1. The second-order valence-electron chi connectivity index (χ2n) is 4.43. The number of hydrogen-bond donors (Lipinski definition) is 1. The molecule has 0 spiro atoms. The summed E-state index contributed by atoms with van der Waals surface area (Å²) in [6, 6.07) is 10.4. The summed E-state index contributed by atoms with van der Waals surface area (Å²) in [5.74, 6) is 0.548. The fraction of sp³-hybridized carbons (Fsp3) is 0.188. The molecule has 0 aliphatic carbocycles. The Bertz CT molecular complexity index is 686. The molecule has 2 aromatic rings. The normalized spacial score (nSPS) is 10.6. The average Bonchev–Trinajstić information content (AvgIpc) is 2.96. The van der Waals surface area contributed by atoms with Crippen LogP contribution < -0.4 is 5.43 Å². The summed E-state index contributed by atoms with van der Waals surface area (Å²) in [5, 5.41) is 3.73. The van der Waals surface area contributed by atoms with Gasteiger partial charge < -0.3 is 9.15 Å². The second-order valence-corrected chi connectivity index (χ2v) is 4.43. The Hall–Kier alpha value is -2.89. The van der Waals surface area contributed by atoms with Crippen LogP contribution in [0.3, 0.4) is 0 Å². The third-order valence-electron chi connectivity index (χ3n) is 2.72. The van der Waals surface area contributed by atoms with Gasteiger partial charge in [0.1, 0.15) is 11.5 Å². The highest BCUT2D eigenvalue weighted by atomic mass is 16.5. The molecule has 0 aliphatic rings. The highest BCUT2D eigenvalue weighted by molar-refractivity contribution is 5.90. The molecule has 1 heterocycles. The van der Waals surface area contributed by atoms with E-state index in [1.165, 1.54) is 13.1 Å². The van der Waals surface area contributed by atoms with Crippen LogP contribution in [0, 0.1) is 0 Å². The van der Waals surface area contributed by atoms with Crippen molar-refractivity contribution in [3.63, 3.8) is 0 Å². The van der Waals surface area contributed by atoms with Crippen molar-refractivity contribution in [2.45, 2.75) is 13.8 Å². The molecule has 1 aromatic carbocycles. The van der Waals surface area contributed by atoms with Gasteiger partial charge in [-0.05, 0) is 31.2 Å². The first-order valence-electron chi connectivity index (χ1n) is 6.77. The van der Waals surface area contributed by atoms with Gasteiger partial charge in [-0.3, -0.25) is 4.79 Å². The number of ether oxygens (including phenoxy) is 1. The van der Waals surface area contributed by atoms with Crippen molar-refractivity contribution in [2.75, 3.05) is 6.61 Å². The highest BCUT2D eigenvalue weighted by Gasteiger charge is 2.08. The molecule has 0 aliphatic heterocycles. The van der Waals surface area contributed by atoms with Gasteiger partial charge in [0, 0.05) is 12.5 Å². The van der Waals surface area contributed by atoms with Crippen LogP contribution in [0.4, 0.5) is 0 Å². The number of carbonyl (C=O) groups is 2. The summed E-state index contributed by atoms with van der Waals surface area (Å²) >= 11 is 0. The van der Waals surface area contributed by atoms with Gasteiger partial charge in [-0.15, -0.1) is 0 Å². The topological polar surface area (TPSA) is 80.9 Å². The van der Waals surface area contributed by atoms with Crippen LogP contribution in [0.15, 0.2) is 45.9 Å². The van der Waals surface area contributed by atoms with E-state index in [1.807, 2.05) is 0 Å². The fourth-order valence-corrected chi connectivity index (χ4v) is 1.75.